The summed E-state index contributed by atoms with van der Waals surface area (Å²) < 4.78 is 48.0. The minimum absolute atomic E-state index is 0.0765. The van der Waals surface area contributed by atoms with Crippen molar-refractivity contribution in [2.75, 3.05) is 29.6 Å². The van der Waals surface area contributed by atoms with E-state index in [0.29, 0.717) is 17.1 Å². The third kappa shape index (κ3) is 5.15. The van der Waals surface area contributed by atoms with Crippen LogP contribution in [0.3, 0.4) is 0 Å². The van der Waals surface area contributed by atoms with E-state index in [1.165, 1.54) is 25.4 Å². The van der Waals surface area contributed by atoms with Crippen LogP contribution >= 0.6 is 0 Å². The zero-order valence-electron chi connectivity index (χ0n) is 18.9. The lowest BCUT2D eigenvalue weighted by atomic mass is 9.94. The van der Waals surface area contributed by atoms with Crippen molar-refractivity contribution >= 4 is 27.1 Å². The monoisotopic (exact) mass is 477 g/mol. The lowest BCUT2D eigenvalue weighted by molar-refractivity contribution is -0.0652. The van der Waals surface area contributed by atoms with Gasteiger partial charge < -0.3 is 10.2 Å². The number of anilines is 2. The molecule has 2 N–H and O–H groups in total. The van der Waals surface area contributed by atoms with E-state index < -0.39 is 27.5 Å². The van der Waals surface area contributed by atoms with Gasteiger partial charge in [-0.15, -0.1) is 0 Å². The minimum atomic E-state index is -3.04. The molecule has 3 heterocycles. The quantitative estimate of drug-likeness (QED) is 0.631. The van der Waals surface area contributed by atoms with Gasteiger partial charge in [-0.05, 0) is 49.4 Å². The standard InChI is InChI=1S/C23H29F2N5O2S/c1-15-14-30(11-9-23(15,24)25)21-18(12-16-6-4-3-5-7-19(16)29-21)22(31)28-17-8-10-27-20(13-17)33(2,26)32/h8,10,12-13,15,26H,3-7,9,11,14H2,1-2H3,(H,27,28,31). The van der Waals surface area contributed by atoms with E-state index in [1.807, 2.05) is 6.07 Å². The second kappa shape index (κ2) is 8.96. The van der Waals surface area contributed by atoms with Gasteiger partial charge in [-0.1, -0.05) is 13.3 Å². The van der Waals surface area contributed by atoms with Crippen LogP contribution in [0.15, 0.2) is 29.4 Å². The van der Waals surface area contributed by atoms with Crippen molar-refractivity contribution in [3.8, 4) is 0 Å². The Hall–Kier alpha value is -2.62. The van der Waals surface area contributed by atoms with Gasteiger partial charge in [-0.3, -0.25) is 4.79 Å². The summed E-state index contributed by atoms with van der Waals surface area (Å²) in [6.45, 7) is 1.77. The van der Waals surface area contributed by atoms with Gasteiger partial charge in [0.2, 0.25) is 0 Å². The molecule has 178 valence electrons. The number of aromatic nitrogens is 2. The van der Waals surface area contributed by atoms with E-state index in [9.17, 15) is 17.8 Å². The number of halogens is 2. The molecule has 0 saturated carbocycles. The fraction of sp³-hybridized carbons (Fsp3) is 0.522. The number of nitrogens with zero attached hydrogens (tertiary/aromatic N) is 3. The highest BCUT2D eigenvalue weighted by atomic mass is 32.2. The third-order valence-corrected chi connectivity index (χ3v) is 7.42. The van der Waals surface area contributed by atoms with Crippen LogP contribution in [0.1, 0.15) is 54.2 Å². The molecule has 0 spiro atoms. The number of hydrogen-bond acceptors (Lipinski definition) is 6. The Morgan fingerprint density at radius 2 is 2.03 bits per heavy atom. The lowest BCUT2D eigenvalue weighted by Gasteiger charge is -2.38. The summed E-state index contributed by atoms with van der Waals surface area (Å²) >= 11 is 0. The molecule has 1 amide bonds. The van der Waals surface area contributed by atoms with Gasteiger partial charge in [0.05, 0.1) is 15.3 Å². The molecule has 4 rings (SSSR count). The van der Waals surface area contributed by atoms with E-state index in [1.54, 1.807) is 11.0 Å². The van der Waals surface area contributed by atoms with E-state index in [-0.39, 0.29) is 24.5 Å². The molecule has 10 heteroatoms. The van der Waals surface area contributed by atoms with Gasteiger partial charge in [0.25, 0.3) is 11.8 Å². The molecule has 7 nitrogen and oxygen atoms in total. The highest BCUT2D eigenvalue weighted by Gasteiger charge is 2.42. The van der Waals surface area contributed by atoms with Crippen LogP contribution in [0.4, 0.5) is 20.3 Å². The van der Waals surface area contributed by atoms with Crippen molar-refractivity contribution in [2.24, 2.45) is 5.92 Å². The smallest absolute Gasteiger partial charge is 0.259 e. The Morgan fingerprint density at radius 3 is 2.76 bits per heavy atom. The van der Waals surface area contributed by atoms with E-state index in [4.69, 9.17) is 9.76 Å². The molecule has 0 aromatic carbocycles. The predicted molar refractivity (Wildman–Crippen MR) is 124 cm³/mol. The summed E-state index contributed by atoms with van der Waals surface area (Å²) in [5, 5.41) is 2.87. The maximum Gasteiger partial charge on any atom is 0.259 e. The third-order valence-electron chi connectivity index (χ3n) is 6.40. The van der Waals surface area contributed by atoms with Crippen LogP contribution in [-0.2, 0) is 22.6 Å². The number of rotatable bonds is 4. The maximum atomic E-state index is 14.1. The summed E-state index contributed by atoms with van der Waals surface area (Å²) in [7, 11) is -3.04. The van der Waals surface area contributed by atoms with E-state index >= 15 is 0 Å². The number of amides is 1. The predicted octanol–water partition coefficient (Wildman–Crippen LogP) is 4.51. The molecular weight excluding hydrogens is 448 g/mol. The fourth-order valence-electron chi connectivity index (χ4n) is 4.38. The van der Waals surface area contributed by atoms with Crippen molar-refractivity contribution in [3.63, 3.8) is 0 Å². The van der Waals surface area contributed by atoms with Crippen molar-refractivity contribution in [3.05, 3.63) is 41.2 Å². The number of pyridine rings is 2. The van der Waals surface area contributed by atoms with Crippen LogP contribution in [0, 0.1) is 10.7 Å². The van der Waals surface area contributed by atoms with Crippen LogP contribution in [0.2, 0.25) is 0 Å². The topological polar surface area (TPSA) is 99.0 Å². The summed E-state index contributed by atoms with van der Waals surface area (Å²) in [6, 6.07) is 4.84. The number of piperidine rings is 1. The molecule has 0 bridgehead atoms. The van der Waals surface area contributed by atoms with Gasteiger partial charge in [-0.2, -0.15) is 0 Å². The molecule has 2 unspecified atom stereocenters. The Kier molecular flexibility index (Phi) is 6.39. The Bertz CT molecular complexity index is 1170. The summed E-state index contributed by atoms with van der Waals surface area (Å²) in [5.74, 6) is -3.56. The van der Waals surface area contributed by atoms with Crippen molar-refractivity contribution in [1.82, 2.24) is 9.97 Å². The van der Waals surface area contributed by atoms with Gasteiger partial charge in [0, 0.05) is 49.3 Å². The van der Waals surface area contributed by atoms with Gasteiger partial charge in [0.1, 0.15) is 10.8 Å². The molecule has 2 aromatic heterocycles. The molecule has 1 saturated heterocycles. The van der Waals surface area contributed by atoms with Gasteiger partial charge in [0.15, 0.2) is 0 Å². The Morgan fingerprint density at radius 1 is 1.27 bits per heavy atom. The number of fused-ring (bicyclic) bond motifs is 1. The maximum absolute atomic E-state index is 14.1. The Balaban J connectivity index is 1.70. The van der Waals surface area contributed by atoms with Crippen LogP contribution in [0.5, 0.6) is 0 Å². The molecule has 33 heavy (non-hydrogen) atoms. The first kappa shape index (κ1) is 23.5. The zero-order chi connectivity index (χ0) is 23.8. The number of carbonyl (C=O) groups is 1. The Labute approximate surface area is 193 Å². The van der Waals surface area contributed by atoms with Crippen LogP contribution < -0.4 is 10.2 Å². The second-order valence-electron chi connectivity index (χ2n) is 9.06. The molecule has 1 fully saturated rings. The molecule has 1 aliphatic heterocycles. The first-order chi connectivity index (χ1) is 15.5. The minimum Gasteiger partial charge on any atom is -0.355 e. The highest BCUT2D eigenvalue weighted by Crippen LogP contribution is 2.36. The van der Waals surface area contributed by atoms with Gasteiger partial charge >= 0.3 is 0 Å². The molecule has 1 aliphatic carbocycles. The molecule has 2 aliphatic rings. The number of hydrogen-bond donors (Lipinski definition) is 2. The average Bonchev–Trinajstić information content (AvgIpc) is 2.99. The number of carbonyl (C=O) groups excluding carboxylic acids is 1. The van der Waals surface area contributed by atoms with Crippen molar-refractivity contribution < 1.29 is 17.8 Å². The second-order valence-corrected chi connectivity index (χ2v) is 11.2. The summed E-state index contributed by atoms with van der Waals surface area (Å²) in [4.78, 5) is 23.9. The van der Waals surface area contributed by atoms with E-state index in [0.717, 1.165) is 43.4 Å². The fourth-order valence-corrected chi connectivity index (χ4v) is 5.00. The largest absolute Gasteiger partial charge is 0.355 e. The molecule has 0 radical (unpaired) electrons. The summed E-state index contributed by atoms with van der Waals surface area (Å²) in [6.07, 6.45) is 7.14. The zero-order valence-corrected chi connectivity index (χ0v) is 19.7. The van der Waals surface area contributed by atoms with Crippen LogP contribution in [0.25, 0.3) is 0 Å². The first-order valence-corrected chi connectivity index (χ1v) is 13.2. The van der Waals surface area contributed by atoms with E-state index in [2.05, 4.69) is 10.3 Å². The van der Waals surface area contributed by atoms with Gasteiger partial charge in [-0.25, -0.2) is 27.7 Å². The normalized spacial score (nSPS) is 22.1. The van der Waals surface area contributed by atoms with Crippen molar-refractivity contribution in [2.45, 2.75) is 56.4 Å². The molecule has 2 aromatic rings. The van der Waals surface area contributed by atoms with Crippen LogP contribution in [-0.4, -0.2) is 45.4 Å². The first-order valence-electron chi connectivity index (χ1n) is 11.2. The summed E-state index contributed by atoms with van der Waals surface area (Å²) in [5.41, 5.74) is 2.67. The highest BCUT2D eigenvalue weighted by molar-refractivity contribution is 7.91. The SMILES string of the molecule is CC1CN(c2nc3c(cc2C(=O)Nc2ccnc(S(C)(=N)=O)c2)CCCCC3)CCC1(F)F. The lowest BCUT2D eigenvalue weighted by Crippen LogP contribution is -2.46. The molecule has 2 atom stereocenters. The average molecular weight is 478 g/mol. The van der Waals surface area contributed by atoms with Crippen molar-refractivity contribution in [1.29, 1.82) is 4.78 Å². The number of aryl methyl sites for hydroxylation is 2. The molecular formula is C23H29F2N5O2S. The number of nitrogens with one attached hydrogen (secondary N) is 2. The number of alkyl halides is 2.